The highest BCUT2D eigenvalue weighted by Crippen LogP contribution is 2.40. The number of pyridine rings is 1. The van der Waals surface area contributed by atoms with Crippen molar-refractivity contribution in [2.24, 2.45) is 0 Å². The van der Waals surface area contributed by atoms with Gasteiger partial charge in [0.25, 0.3) is 0 Å². The molecule has 0 amide bonds. The first-order valence-corrected chi connectivity index (χ1v) is 8.88. The Bertz CT molecular complexity index is 1460. The molecule has 0 aliphatic rings. The lowest BCUT2D eigenvalue weighted by Gasteiger charge is -2.05. The number of para-hydroxylation sites is 1. The second-order valence-electron chi connectivity index (χ2n) is 6.56. The molecule has 0 unspecified atom stereocenters. The molecule has 0 radical (unpaired) electrons. The average molecular weight is 363 g/mol. The Morgan fingerprint density at radius 3 is 2.50 bits per heavy atom. The zero-order valence-electron chi connectivity index (χ0n) is 17.8. The van der Waals surface area contributed by atoms with E-state index < -0.39 is 6.85 Å². The highest BCUT2D eigenvalue weighted by atomic mass is 16.3. The molecule has 2 heterocycles. The molecule has 3 heteroatoms. The molecular formula is C25H16N2O. The molecule has 0 N–H and O–H groups in total. The summed E-state index contributed by atoms with van der Waals surface area (Å²) < 4.78 is 29.0. The number of nitrogens with zero attached hydrogens (tertiary/aromatic N) is 2. The molecule has 2 aromatic heterocycles. The lowest BCUT2D eigenvalue weighted by atomic mass is 9.97. The predicted molar refractivity (Wildman–Crippen MR) is 112 cm³/mol. The molecule has 0 aliphatic heterocycles. The maximum absolute atomic E-state index is 9.69. The largest absolute Gasteiger partial charge is 0.455 e. The predicted octanol–water partition coefficient (Wildman–Crippen LogP) is 6.50. The summed E-state index contributed by atoms with van der Waals surface area (Å²) in [7, 11) is 0. The number of fused-ring (bicyclic) bond motifs is 3. The minimum atomic E-state index is -2.20. The highest BCUT2D eigenvalue weighted by Gasteiger charge is 2.18. The van der Waals surface area contributed by atoms with Gasteiger partial charge in [0.15, 0.2) is 0 Å². The number of hydrogen-bond acceptors (Lipinski definition) is 3. The molecule has 0 saturated heterocycles. The standard InChI is InChI=1S/C25H16N2O/c1-16-10-13-22(27-15-16)21-9-5-8-19-20-12-11-18(14-26)23(25(20)28-24(19)21)17-6-3-2-4-7-17/h2-13,15H,1H3/i1D3. The van der Waals surface area contributed by atoms with E-state index in [4.69, 9.17) is 8.53 Å². The molecule has 5 rings (SSSR count). The molecule has 3 aromatic carbocycles. The van der Waals surface area contributed by atoms with Crippen molar-refractivity contribution in [1.82, 2.24) is 4.98 Å². The summed E-state index contributed by atoms with van der Waals surface area (Å²) in [5, 5.41) is 11.5. The van der Waals surface area contributed by atoms with Crippen LogP contribution < -0.4 is 0 Å². The number of furan rings is 1. The van der Waals surface area contributed by atoms with E-state index in [9.17, 15) is 5.26 Å². The lowest BCUT2D eigenvalue weighted by molar-refractivity contribution is 0.670. The fourth-order valence-corrected chi connectivity index (χ4v) is 3.60. The first-order chi connectivity index (χ1) is 15.0. The summed E-state index contributed by atoms with van der Waals surface area (Å²) in [6.45, 7) is -2.20. The number of hydrogen-bond donors (Lipinski definition) is 0. The summed E-state index contributed by atoms with van der Waals surface area (Å²) in [5.74, 6) is 0. The van der Waals surface area contributed by atoms with Gasteiger partial charge in [0.1, 0.15) is 11.2 Å². The Kier molecular flexibility index (Phi) is 3.02. The zero-order chi connectivity index (χ0) is 21.6. The van der Waals surface area contributed by atoms with Crippen molar-refractivity contribution >= 4 is 21.9 Å². The van der Waals surface area contributed by atoms with Gasteiger partial charge < -0.3 is 4.42 Å². The number of aryl methyl sites for hydroxylation is 1. The zero-order valence-corrected chi connectivity index (χ0v) is 14.8. The maximum Gasteiger partial charge on any atom is 0.144 e. The smallest absolute Gasteiger partial charge is 0.144 e. The van der Waals surface area contributed by atoms with E-state index in [1.54, 1.807) is 12.1 Å². The normalized spacial score (nSPS) is 13.0. The SMILES string of the molecule is [2H]C([2H])([2H])c1ccc(-c2cccc3c2oc2c(-c4ccccc4)c(C#N)ccc23)nc1. The molecule has 0 fully saturated rings. The Morgan fingerprint density at radius 2 is 1.75 bits per heavy atom. The molecule has 0 bridgehead atoms. The molecule has 132 valence electrons. The van der Waals surface area contributed by atoms with E-state index in [0.29, 0.717) is 22.4 Å². The number of benzene rings is 3. The molecule has 0 spiro atoms. The topological polar surface area (TPSA) is 49.8 Å². The van der Waals surface area contributed by atoms with E-state index in [0.717, 1.165) is 27.5 Å². The molecular weight excluding hydrogens is 344 g/mol. The quantitative estimate of drug-likeness (QED) is 0.360. The van der Waals surface area contributed by atoms with Crippen LogP contribution in [0.25, 0.3) is 44.3 Å². The van der Waals surface area contributed by atoms with Crippen LogP contribution >= 0.6 is 0 Å². The van der Waals surface area contributed by atoms with Gasteiger partial charge in [0.2, 0.25) is 0 Å². The van der Waals surface area contributed by atoms with E-state index in [-0.39, 0.29) is 5.56 Å². The van der Waals surface area contributed by atoms with Crippen molar-refractivity contribution in [3.8, 4) is 28.5 Å². The van der Waals surface area contributed by atoms with Gasteiger partial charge in [-0.15, -0.1) is 0 Å². The van der Waals surface area contributed by atoms with E-state index in [2.05, 4.69) is 11.1 Å². The number of nitriles is 1. The van der Waals surface area contributed by atoms with Crippen LogP contribution in [0, 0.1) is 18.2 Å². The van der Waals surface area contributed by atoms with Gasteiger partial charge in [-0.1, -0.05) is 48.5 Å². The van der Waals surface area contributed by atoms with Gasteiger partial charge in [-0.25, -0.2) is 0 Å². The fourth-order valence-electron chi connectivity index (χ4n) is 3.60. The van der Waals surface area contributed by atoms with Crippen LogP contribution in [0.2, 0.25) is 0 Å². The number of rotatable bonds is 2. The molecule has 0 aliphatic carbocycles. The first-order valence-electron chi connectivity index (χ1n) is 10.4. The minimum absolute atomic E-state index is 0.193. The van der Waals surface area contributed by atoms with Crippen LogP contribution in [0.3, 0.4) is 0 Å². The second-order valence-corrected chi connectivity index (χ2v) is 6.56. The number of aromatic nitrogens is 1. The molecule has 0 atom stereocenters. The highest BCUT2D eigenvalue weighted by molar-refractivity contribution is 6.13. The van der Waals surface area contributed by atoms with Gasteiger partial charge in [-0.3, -0.25) is 4.98 Å². The maximum atomic E-state index is 9.69. The Hall–Kier alpha value is -3.90. The molecule has 5 aromatic rings. The van der Waals surface area contributed by atoms with Crippen LogP contribution in [-0.2, 0) is 0 Å². The molecule has 28 heavy (non-hydrogen) atoms. The van der Waals surface area contributed by atoms with Gasteiger partial charge >= 0.3 is 0 Å². The Balaban J connectivity index is 1.78. The Labute approximate surface area is 166 Å². The van der Waals surface area contributed by atoms with Gasteiger partial charge in [0, 0.05) is 32.2 Å². The summed E-state index contributed by atoms with van der Waals surface area (Å²) in [5.41, 5.74) is 5.09. The van der Waals surface area contributed by atoms with Gasteiger partial charge in [-0.05, 0) is 42.2 Å². The van der Waals surface area contributed by atoms with E-state index in [1.165, 1.54) is 6.20 Å². The monoisotopic (exact) mass is 363 g/mol. The lowest BCUT2D eigenvalue weighted by Crippen LogP contribution is -1.85. The van der Waals surface area contributed by atoms with Gasteiger partial charge in [0.05, 0.1) is 17.3 Å². The van der Waals surface area contributed by atoms with Gasteiger partial charge in [-0.2, -0.15) is 5.26 Å². The minimum Gasteiger partial charge on any atom is -0.455 e. The molecule has 0 saturated carbocycles. The Morgan fingerprint density at radius 1 is 0.893 bits per heavy atom. The van der Waals surface area contributed by atoms with Crippen molar-refractivity contribution in [1.29, 1.82) is 5.26 Å². The van der Waals surface area contributed by atoms with E-state index in [1.807, 2.05) is 60.7 Å². The van der Waals surface area contributed by atoms with Crippen molar-refractivity contribution in [3.63, 3.8) is 0 Å². The van der Waals surface area contributed by atoms with Crippen molar-refractivity contribution in [2.75, 3.05) is 0 Å². The van der Waals surface area contributed by atoms with E-state index >= 15 is 0 Å². The van der Waals surface area contributed by atoms with Crippen molar-refractivity contribution in [3.05, 3.63) is 90.1 Å². The fraction of sp³-hybridized carbons (Fsp3) is 0.0400. The third-order valence-corrected chi connectivity index (χ3v) is 4.89. The third kappa shape index (κ3) is 2.47. The van der Waals surface area contributed by atoms with Crippen molar-refractivity contribution < 1.29 is 8.53 Å². The average Bonchev–Trinajstić information content (AvgIpc) is 3.17. The van der Waals surface area contributed by atoms with Crippen LogP contribution in [0.15, 0.2) is 83.4 Å². The van der Waals surface area contributed by atoms with Crippen LogP contribution in [0.4, 0.5) is 0 Å². The summed E-state index contributed by atoms with van der Waals surface area (Å²) in [6.07, 6.45) is 1.38. The molecule has 3 nitrogen and oxygen atoms in total. The second kappa shape index (κ2) is 6.37. The third-order valence-electron chi connectivity index (χ3n) is 4.89. The van der Waals surface area contributed by atoms with Crippen LogP contribution in [0.5, 0.6) is 0 Å². The first kappa shape index (κ1) is 13.3. The summed E-state index contributed by atoms with van der Waals surface area (Å²) in [4.78, 5) is 4.38. The summed E-state index contributed by atoms with van der Waals surface area (Å²) in [6, 6.07) is 24.8. The van der Waals surface area contributed by atoms with Crippen LogP contribution in [-0.4, -0.2) is 4.98 Å². The van der Waals surface area contributed by atoms with Crippen molar-refractivity contribution in [2.45, 2.75) is 6.85 Å². The van der Waals surface area contributed by atoms with Crippen LogP contribution in [0.1, 0.15) is 15.2 Å². The summed E-state index contributed by atoms with van der Waals surface area (Å²) >= 11 is 0.